The second-order valence-electron chi connectivity index (χ2n) is 8.69. The number of hydrogen-bond donors (Lipinski definition) is 3. The van der Waals surface area contributed by atoms with Gasteiger partial charge in [0, 0.05) is 16.5 Å². The molecular formula is C22H26F2N6O3S2. The third-order valence-corrected chi connectivity index (χ3v) is 5.85. The second-order valence-corrected chi connectivity index (χ2v) is 10.1. The lowest BCUT2D eigenvalue weighted by Gasteiger charge is -2.36. The van der Waals surface area contributed by atoms with E-state index in [0.717, 1.165) is 22.0 Å². The molecule has 0 aliphatic rings. The molecule has 0 bridgehead atoms. The highest BCUT2D eigenvalue weighted by Gasteiger charge is 2.37. The van der Waals surface area contributed by atoms with E-state index in [1.807, 2.05) is 17.5 Å². The van der Waals surface area contributed by atoms with Gasteiger partial charge in [0.25, 0.3) is 0 Å². The minimum absolute atomic E-state index is 0.0452. The third kappa shape index (κ3) is 7.67. The monoisotopic (exact) mass is 524 g/mol. The normalized spacial score (nSPS) is 13.1. The number of carbonyl (C=O) groups excluding carboxylic acids is 1. The summed E-state index contributed by atoms with van der Waals surface area (Å²) in [5, 5.41) is 21.8. The van der Waals surface area contributed by atoms with E-state index in [0.29, 0.717) is 12.6 Å². The highest BCUT2D eigenvalue weighted by Crippen LogP contribution is 2.28. The van der Waals surface area contributed by atoms with Gasteiger partial charge in [0.1, 0.15) is 35.5 Å². The van der Waals surface area contributed by atoms with Gasteiger partial charge in [0.2, 0.25) is 0 Å². The topological polar surface area (TPSA) is 105 Å². The largest absolute Gasteiger partial charge is 0.443 e. The molecule has 2 heterocycles. The summed E-state index contributed by atoms with van der Waals surface area (Å²) in [5.41, 5.74) is -0.529. The summed E-state index contributed by atoms with van der Waals surface area (Å²) >= 11 is 6.99. The van der Waals surface area contributed by atoms with Gasteiger partial charge >= 0.3 is 6.09 Å². The number of aromatic nitrogens is 3. The minimum Gasteiger partial charge on any atom is -0.443 e. The van der Waals surface area contributed by atoms with E-state index in [1.54, 1.807) is 20.8 Å². The van der Waals surface area contributed by atoms with Crippen molar-refractivity contribution < 1.29 is 23.4 Å². The molecule has 13 heteroatoms. The number of hydrazine groups is 1. The number of halogens is 2. The Labute approximate surface area is 210 Å². The molecule has 1 aromatic carbocycles. The van der Waals surface area contributed by atoms with E-state index in [9.17, 15) is 18.7 Å². The van der Waals surface area contributed by atoms with Gasteiger partial charge < -0.3 is 15.2 Å². The van der Waals surface area contributed by atoms with Crippen LogP contribution in [-0.4, -0.2) is 48.2 Å². The van der Waals surface area contributed by atoms with E-state index in [4.69, 9.17) is 17.0 Å². The molecule has 188 valence electrons. The number of aliphatic hydroxyl groups is 1. The molecule has 0 radical (unpaired) electrons. The van der Waals surface area contributed by atoms with E-state index >= 15 is 0 Å². The van der Waals surface area contributed by atoms with Crippen LogP contribution in [0.15, 0.2) is 48.4 Å². The number of thiocarbonyl (C=S) groups is 1. The lowest BCUT2D eigenvalue weighted by Crippen LogP contribution is -2.57. The number of rotatable bonds is 7. The molecule has 9 nitrogen and oxygen atoms in total. The average Bonchev–Trinajstić information content (AvgIpc) is 3.44. The second kappa shape index (κ2) is 11.1. The number of hydrogen-bond acceptors (Lipinski definition) is 7. The molecule has 2 aromatic heterocycles. The van der Waals surface area contributed by atoms with Crippen LogP contribution in [0.2, 0.25) is 0 Å². The van der Waals surface area contributed by atoms with Gasteiger partial charge in [0.05, 0.1) is 19.6 Å². The van der Waals surface area contributed by atoms with Crippen molar-refractivity contribution in [2.45, 2.75) is 45.1 Å². The Bertz CT molecular complexity index is 1140. The molecule has 1 amide bonds. The van der Waals surface area contributed by atoms with E-state index in [1.165, 1.54) is 28.7 Å². The maximum Gasteiger partial charge on any atom is 0.426 e. The van der Waals surface area contributed by atoms with Gasteiger partial charge in [0.15, 0.2) is 5.11 Å². The summed E-state index contributed by atoms with van der Waals surface area (Å²) in [4.78, 5) is 17.4. The average molecular weight is 525 g/mol. The van der Waals surface area contributed by atoms with E-state index in [2.05, 4.69) is 20.8 Å². The van der Waals surface area contributed by atoms with Crippen molar-refractivity contribution in [3.8, 4) is 0 Å². The Morgan fingerprint density at radius 3 is 2.69 bits per heavy atom. The van der Waals surface area contributed by atoms with Crippen LogP contribution in [0, 0.1) is 11.6 Å². The van der Waals surface area contributed by atoms with Gasteiger partial charge in [-0.05, 0) is 50.5 Å². The Morgan fingerprint density at radius 1 is 1.31 bits per heavy atom. The van der Waals surface area contributed by atoms with Gasteiger partial charge in [-0.25, -0.2) is 28.7 Å². The number of thiophene rings is 1. The summed E-state index contributed by atoms with van der Waals surface area (Å²) < 4.78 is 35.0. The SMILES string of the molecule is CC(C)(C)OC(=O)NN(C[C@](O)(Cn1cncn1)c1ccc(F)cc1F)C(=S)NCc1cccs1. The fourth-order valence-corrected chi connectivity index (χ4v) is 4.00. The van der Waals surface area contributed by atoms with Crippen molar-refractivity contribution in [2.75, 3.05) is 6.54 Å². The van der Waals surface area contributed by atoms with Gasteiger partial charge in [-0.3, -0.25) is 5.01 Å². The number of benzene rings is 1. The molecular weight excluding hydrogens is 498 g/mol. The summed E-state index contributed by atoms with van der Waals surface area (Å²) in [6.45, 7) is 4.74. The number of ether oxygens (including phenoxy) is 1. The fraction of sp³-hybridized carbons (Fsp3) is 0.364. The predicted molar refractivity (Wildman–Crippen MR) is 130 cm³/mol. The molecule has 0 unspecified atom stereocenters. The van der Waals surface area contributed by atoms with Gasteiger partial charge in [-0.15, -0.1) is 11.3 Å². The first kappa shape index (κ1) is 26.4. The number of carbonyl (C=O) groups is 1. The Hall–Kier alpha value is -3.16. The summed E-state index contributed by atoms with van der Waals surface area (Å²) in [6.07, 6.45) is 1.76. The predicted octanol–water partition coefficient (Wildman–Crippen LogP) is 3.32. The highest BCUT2D eigenvalue weighted by atomic mass is 32.1. The summed E-state index contributed by atoms with van der Waals surface area (Å²) in [5.74, 6) is -1.77. The van der Waals surface area contributed by atoms with E-state index < -0.39 is 35.5 Å². The Kier molecular flexibility index (Phi) is 8.35. The van der Waals surface area contributed by atoms with Crippen molar-refractivity contribution in [3.63, 3.8) is 0 Å². The summed E-state index contributed by atoms with van der Waals surface area (Å²) in [6, 6.07) is 6.62. The van der Waals surface area contributed by atoms with Crippen LogP contribution in [0.25, 0.3) is 0 Å². The first-order valence-electron chi connectivity index (χ1n) is 10.5. The molecule has 3 rings (SSSR count). The van der Waals surface area contributed by atoms with Gasteiger partial charge in [-0.2, -0.15) is 5.10 Å². The van der Waals surface area contributed by atoms with Crippen molar-refractivity contribution in [1.82, 2.24) is 30.5 Å². The smallest absolute Gasteiger partial charge is 0.426 e. The van der Waals surface area contributed by atoms with Crippen LogP contribution in [0.4, 0.5) is 13.6 Å². The van der Waals surface area contributed by atoms with Crippen LogP contribution < -0.4 is 10.7 Å². The zero-order valence-electron chi connectivity index (χ0n) is 19.4. The first-order chi connectivity index (χ1) is 16.4. The summed E-state index contributed by atoms with van der Waals surface area (Å²) in [7, 11) is 0. The quantitative estimate of drug-likeness (QED) is 0.320. The lowest BCUT2D eigenvalue weighted by molar-refractivity contribution is -0.0200. The fourth-order valence-electron chi connectivity index (χ4n) is 3.18. The van der Waals surface area contributed by atoms with Crippen molar-refractivity contribution in [2.24, 2.45) is 0 Å². The lowest BCUT2D eigenvalue weighted by atomic mass is 9.92. The molecule has 0 fully saturated rings. The molecule has 1 atom stereocenters. The van der Waals surface area contributed by atoms with Crippen LogP contribution >= 0.6 is 23.6 Å². The van der Waals surface area contributed by atoms with Crippen LogP contribution in [0.5, 0.6) is 0 Å². The van der Waals surface area contributed by atoms with Crippen molar-refractivity contribution in [1.29, 1.82) is 0 Å². The molecule has 0 spiro atoms. The Balaban J connectivity index is 1.92. The van der Waals surface area contributed by atoms with Crippen molar-refractivity contribution >= 4 is 34.8 Å². The molecule has 35 heavy (non-hydrogen) atoms. The zero-order valence-corrected chi connectivity index (χ0v) is 21.0. The first-order valence-corrected chi connectivity index (χ1v) is 11.8. The zero-order chi connectivity index (χ0) is 25.6. The highest BCUT2D eigenvalue weighted by molar-refractivity contribution is 7.80. The number of amides is 1. The standard InChI is InChI=1S/C22H26F2N6O3S2/c1-21(2,3)33-20(31)28-30(19(34)26-10-16-5-4-8-35-16)12-22(32,11-29-14-25-13-27-29)17-7-6-15(23)9-18(17)24/h4-9,13-14,32H,10-12H2,1-3H3,(H,26,34)(H,28,31)/t22-/m1/s1. The van der Waals surface area contributed by atoms with Crippen molar-refractivity contribution in [3.05, 3.63) is 70.4 Å². The molecule has 0 aliphatic heterocycles. The molecule has 0 aliphatic carbocycles. The molecule has 0 saturated heterocycles. The van der Waals surface area contributed by atoms with Crippen LogP contribution in [-0.2, 0) is 23.4 Å². The van der Waals surface area contributed by atoms with Gasteiger partial charge in [-0.1, -0.05) is 12.1 Å². The maximum absolute atomic E-state index is 14.8. The molecule has 0 saturated carbocycles. The van der Waals surface area contributed by atoms with Crippen LogP contribution in [0.1, 0.15) is 31.2 Å². The third-order valence-electron chi connectivity index (χ3n) is 4.61. The van der Waals surface area contributed by atoms with E-state index in [-0.39, 0.29) is 17.2 Å². The number of nitrogens with zero attached hydrogens (tertiary/aromatic N) is 4. The molecule has 3 aromatic rings. The Morgan fingerprint density at radius 2 is 2.09 bits per heavy atom. The molecule has 3 N–H and O–H groups in total. The number of nitrogens with one attached hydrogen (secondary N) is 2. The van der Waals surface area contributed by atoms with Crippen LogP contribution in [0.3, 0.4) is 0 Å². The maximum atomic E-state index is 14.8. The minimum atomic E-state index is -2.02.